The fraction of sp³-hybridized carbons (Fsp3) is 0.545. The molecule has 2 aromatic rings. The van der Waals surface area contributed by atoms with Gasteiger partial charge in [0, 0.05) is 42.7 Å². The summed E-state index contributed by atoms with van der Waals surface area (Å²) in [6.07, 6.45) is 2.18. The molecule has 1 atom stereocenters. The molecular formula is C22H33N5OS. The third kappa shape index (κ3) is 6.18. The maximum atomic E-state index is 5.61. The number of aliphatic imine (C=N–C) groups is 1. The van der Waals surface area contributed by atoms with Crippen LogP contribution in [0.15, 0.2) is 40.8 Å². The number of hydrogen-bond acceptors (Lipinski definition) is 5. The van der Waals surface area contributed by atoms with E-state index < -0.39 is 0 Å². The van der Waals surface area contributed by atoms with E-state index in [4.69, 9.17) is 9.73 Å². The van der Waals surface area contributed by atoms with Gasteiger partial charge in [0.1, 0.15) is 5.82 Å². The largest absolute Gasteiger partial charge is 0.375 e. The third-order valence-electron chi connectivity index (χ3n) is 5.02. The van der Waals surface area contributed by atoms with Crippen molar-refractivity contribution in [2.75, 3.05) is 37.7 Å². The minimum Gasteiger partial charge on any atom is -0.375 e. The predicted octanol–water partition coefficient (Wildman–Crippen LogP) is 3.40. The molecule has 158 valence electrons. The molecule has 7 heteroatoms. The summed E-state index contributed by atoms with van der Waals surface area (Å²) < 4.78 is 5.61. The Hall–Kier alpha value is -2.12. The Balaban J connectivity index is 1.58. The Kier molecular flexibility index (Phi) is 7.50. The lowest BCUT2D eigenvalue weighted by Gasteiger charge is -2.32. The number of nitrogens with one attached hydrogen (secondary N) is 2. The van der Waals surface area contributed by atoms with Crippen molar-refractivity contribution in [3.05, 3.63) is 46.3 Å². The third-order valence-corrected chi connectivity index (χ3v) is 6.26. The zero-order valence-corrected chi connectivity index (χ0v) is 18.8. The van der Waals surface area contributed by atoms with Crippen molar-refractivity contribution < 1.29 is 4.74 Å². The number of thiophene rings is 1. The standard InChI is InChI=1S/C22H33N5OS/c1-5-23-21(26-16-22(3,4)19-7-6-12-29-19)25-14-18-8-9-20(24-13-18)27-10-11-28-17(2)15-27/h6-9,12-13,17H,5,10-11,14-16H2,1-4H3,(H2,23,25,26). The highest BCUT2D eigenvalue weighted by atomic mass is 32.1. The van der Waals surface area contributed by atoms with Crippen LogP contribution in [-0.4, -0.2) is 49.8 Å². The highest BCUT2D eigenvalue weighted by Gasteiger charge is 2.22. The number of aromatic nitrogens is 1. The van der Waals surface area contributed by atoms with Crippen LogP contribution >= 0.6 is 11.3 Å². The first-order valence-electron chi connectivity index (χ1n) is 10.4. The summed E-state index contributed by atoms with van der Waals surface area (Å²) in [6.45, 7) is 13.5. The Labute approximate surface area is 178 Å². The molecule has 0 saturated carbocycles. The van der Waals surface area contributed by atoms with Crippen molar-refractivity contribution in [1.29, 1.82) is 0 Å². The van der Waals surface area contributed by atoms with Crippen molar-refractivity contribution in [1.82, 2.24) is 15.6 Å². The molecule has 6 nitrogen and oxygen atoms in total. The Bertz CT molecular complexity index is 773. The maximum absolute atomic E-state index is 5.61. The molecule has 2 N–H and O–H groups in total. The van der Waals surface area contributed by atoms with Gasteiger partial charge < -0.3 is 20.3 Å². The summed E-state index contributed by atoms with van der Waals surface area (Å²) in [5.41, 5.74) is 1.16. The summed E-state index contributed by atoms with van der Waals surface area (Å²) in [6, 6.07) is 8.50. The molecule has 0 aromatic carbocycles. The van der Waals surface area contributed by atoms with Crippen LogP contribution in [0.4, 0.5) is 5.82 Å². The van der Waals surface area contributed by atoms with E-state index in [2.05, 4.69) is 77.9 Å². The van der Waals surface area contributed by atoms with Crippen LogP contribution in [0.25, 0.3) is 0 Å². The molecule has 1 aliphatic heterocycles. The average molecular weight is 416 g/mol. The van der Waals surface area contributed by atoms with Gasteiger partial charge >= 0.3 is 0 Å². The molecule has 1 saturated heterocycles. The van der Waals surface area contributed by atoms with Gasteiger partial charge in [0.2, 0.25) is 0 Å². The molecule has 1 unspecified atom stereocenters. The van der Waals surface area contributed by atoms with Crippen molar-refractivity contribution in [2.24, 2.45) is 4.99 Å². The van der Waals surface area contributed by atoms with E-state index in [0.29, 0.717) is 6.54 Å². The number of ether oxygens (including phenoxy) is 1. The highest BCUT2D eigenvalue weighted by molar-refractivity contribution is 7.10. The van der Waals surface area contributed by atoms with E-state index in [-0.39, 0.29) is 11.5 Å². The highest BCUT2D eigenvalue weighted by Crippen LogP contribution is 2.26. The Morgan fingerprint density at radius 1 is 1.34 bits per heavy atom. The fourth-order valence-electron chi connectivity index (χ4n) is 3.29. The van der Waals surface area contributed by atoms with Crippen molar-refractivity contribution in [3.8, 4) is 0 Å². The lowest BCUT2D eigenvalue weighted by atomic mass is 9.91. The zero-order valence-electron chi connectivity index (χ0n) is 17.9. The first-order chi connectivity index (χ1) is 14.0. The van der Waals surface area contributed by atoms with Crippen molar-refractivity contribution in [2.45, 2.75) is 45.8 Å². The summed E-state index contributed by atoms with van der Waals surface area (Å²) in [5.74, 6) is 1.85. The van der Waals surface area contributed by atoms with E-state index >= 15 is 0 Å². The lowest BCUT2D eigenvalue weighted by molar-refractivity contribution is 0.0529. The summed E-state index contributed by atoms with van der Waals surface area (Å²) >= 11 is 1.80. The number of anilines is 1. The van der Waals surface area contributed by atoms with Crippen molar-refractivity contribution in [3.63, 3.8) is 0 Å². The van der Waals surface area contributed by atoms with E-state index in [9.17, 15) is 0 Å². The first kappa shape index (κ1) is 21.6. The average Bonchev–Trinajstić information content (AvgIpc) is 3.26. The van der Waals surface area contributed by atoms with Gasteiger partial charge in [-0.25, -0.2) is 9.98 Å². The van der Waals surface area contributed by atoms with Gasteiger partial charge in [-0.15, -0.1) is 11.3 Å². The van der Waals surface area contributed by atoms with Crippen LogP contribution in [0, 0.1) is 0 Å². The molecule has 2 aromatic heterocycles. The monoisotopic (exact) mass is 415 g/mol. The second kappa shape index (κ2) is 10.1. The second-order valence-electron chi connectivity index (χ2n) is 8.06. The number of rotatable bonds is 7. The zero-order chi connectivity index (χ0) is 20.7. The number of morpholine rings is 1. The molecule has 0 aliphatic carbocycles. The molecule has 0 bridgehead atoms. The molecule has 3 rings (SSSR count). The normalized spacial score (nSPS) is 18.0. The molecule has 1 aliphatic rings. The number of nitrogens with zero attached hydrogens (tertiary/aromatic N) is 3. The van der Waals surface area contributed by atoms with E-state index in [0.717, 1.165) is 50.1 Å². The molecule has 0 amide bonds. The van der Waals surface area contributed by atoms with Crippen LogP contribution < -0.4 is 15.5 Å². The number of pyridine rings is 1. The Morgan fingerprint density at radius 3 is 2.86 bits per heavy atom. The fourth-order valence-corrected chi connectivity index (χ4v) is 4.14. The van der Waals surface area contributed by atoms with Gasteiger partial charge in [0.15, 0.2) is 5.96 Å². The Morgan fingerprint density at radius 2 is 2.21 bits per heavy atom. The van der Waals surface area contributed by atoms with Crippen molar-refractivity contribution >= 4 is 23.1 Å². The second-order valence-corrected chi connectivity index (χ2v) is 9.01. The minimum atomic E-state index is 0.0584. The van der Waals surface area contributed by atoms with Crippen LogP contribution in [0.2, 0.25) is 0 Å². The SMILES string of the molecule is CCNC(=NCc1ccc(N2CCOC(C)C2)nc1)NCC(C)(C)c1cccs1. The van der Waals surface area contributed by atoms with Gasteiger partial charge in [-0.2, -0.15) is 0 Å². The molecule has 0 radical (unpaired) electrons. The summed E-state index contributed by atoms with van der Waals surface area (Å²) in [4.78, 5) is 13.0. The van der Waals surface area contributed by atoms with E-state index in [1.165, 1.54) is 4.88 Å². The lowest BCUT2D eigenvalue weighted by Crippen LogP contribution is -2.43. The smallest absolute Gasteiger partial charge is 0.191 e. The van der Waals surface area contributed by atoms with Crippen LogP contribution in [0.1, 0.15) is 38.1 Å². The van der Waals surface area contributed by atoms with Gasteiger partial charge in [-0.05, 0) is 36.9 Å². The molecule has 1 fully saturated rings. The topological polar surface area (TPSA) is 61.8 Å². The quantitative estimate of drug-likeness (QED) is 0.536. The number of guanidine groups is 1. The maximum Gasteiger partial charge on any atom is 0.191 e. The number of hydrogen-bond donors (Lipinski definition) is 2. The van der Waals surface area contributed by atoms with E-state index in [1.54, 1.807) is 11.3 Å². The van der Waals surface area contributed by atoms with Crippen LogP contribution in [0.3, 0.4) is 0 Å². The van der Waals surface area contributed by atoms with E-state index in [1.807, 2.05) is 6.20 Å². The molecule has 3 heterocycles. The summed E-state index contributed by atoms with van der Waals surface area (Å²) in [7, 11) is 0. The molecular weight excluding hydrogens is 382 g/mol. The van der Waals surface area contributed by atoms with Crippen LogP contribution in [-0.2, 0) is 16.7 Å². The summed E-state index contributed by atoms with van der Waals surface area (Å²) in [5, 5.41) is 8.96. The molecule has 0 spiro atoms. The minimum absolute atomic E-state index is 0.0584. The first-order valence-corrected chi connectivity index (χ1v) is 11.2. The van der Waals surface area contributed by atoms with Gasteiger partial charge in [0.25, 0.3) is 0 Å². The molecule has 29 heavy (non-hydrogen) atoms. The van der Waals surface area contributed by atoms with Crippen LogP contribution in [0.5, 0.6) is 0 Å². The van der Waals surface area contributed by atoms with Gasteiger partial charge in [-0.1, -0.05) is 26.0 Å². The van der Waals surface area contributed by atoms with Gasteiger partial charge in [-0.3, -0.25) is 0 Å². The van der Waals surface area contributed by atoms with Gasteiger partial charge in [0.05, 0.1) is 19.3 Å². The predicted molar refractivity (Wildman–Crippen MR) is 122 cm³/mol.